The smallest absolute Gasteiger partial charge is 0.310 e. The summed E-state index contributed by atoms with van der Waals surface area (Å²) in [5, 5.41) is 9.33. The van der Waals surface area contributed by atoms with Crippen LogP contribution in [0.15, 0.2) is 24.3 Å². The molecule has 1 unspecified atom stereocenters. The highest BCUT2D eigenvalue weighted by molar-refractivity contribution is 5.85. The van der Waals surface area contributed by atoms with E-state index in [1.807, 2.05) is 38.1 Å². The van der Waals surface area contributed by atoms with Gasteiger partial charge in [-0.1, -0.05) is 36.2 Å². The number of aliphatic carboxylic acids is 1. The van der Waals surface area contributed by atoms with E-state index < -0.39 is 11.4 Å². The molecule has 2 rings (SSSR count). The van der Waals surface area contributed by atoms with E-state index in [0.717, 1.165) is 12.0 Å². The normalized spacial score (nSPS) is 17.7. The van der Waals surface area contributed by atoms with Crippen molar-refractivity contribution in [2.45, 2.75) is 45.6 Å². The second-order valence-electron chi connectivity index (χ2n) is 6.21. The lowest BCUT2D eigenvalue weighted by atomic mass is 9.66. The molecule has 1 saturated carbocycles. The first-order valence-corrected chi connectivity index (χ1v) is 7.41. The molecule has 0 aromatic heterocycles. The fourth-order valence-corrected chi connectivity index (χ4v) is 2.77. The maximum atomic E-state index is 12.4. The Balaban J connectivity index is 2.05. The van der Waals surface area contributed by atoms with Crippen LogP contribution in [0.5, 0.6) is 0 Å². The second-order valence-corrected chi connectivity index (χ2v) is 6.21. The van der Waals surface area contributed by atoms with Crippen LogP contribution >= 0.6 is 0 Å². The Hall–Kier alpha value is -1.84. The highest BCUT2D eigenvalue weighted by Gasteiger charge is 2.46. The number of carboxylic acid groups (broad SMARTS) is 1. The Morgan fingerprint density at radius 1 is 1.29 bits per heavy atom. The molecule has 1 atom stereocenters. The fourth-order valence-electron chi connectivity index (χ4n) is 2.77. The maximum absolute atomic E-state index is 12.4. The number of amides is 1. The van der Waals surface area contributed by atoms with Crippen LogP contribution in [-0.2, 0) is 9.59 Å². The van der Waals surface area contributed by atoms with Gasteiger partial charge in [0.25, 0.3) is 0 Å². The van der Waals surface area contributed by atoms with Crippen LogP contribution in [0.4, 0.5) is 0 Å². The Bertz CT molecular complexity index is 531. The van der Waals surface area contributed by atoms with Gasteiger partial charge in [-0.15, -0.1) is 0 Å². The SMILES string of the molecule is Cc1ccc(C(C)N(C)C(=O)CC2(C(=O)O)CCC2)cc1. The maximum Gasteiger partial charge on any atom is 0.310 e. The number of carboxylic acids is 1. The molecule has 4 heteroatoms. The molecule has 1 aromatic rings. The molecule has 1 N–H and O–H groups in total. The minimum Gasteiger partial charge on any atom is -0.481 e. The molecule has 0 heterocycles. The van der Waals surface area contributed by atoms with E-state index in [1.165, 1.54) is 5.56 Å². The summed E-state index contributed by atoms with van der Waals surface area (Å²) in [5.74, 6) is -0.927. The molecule has 4 nitrogen and oxygen atoms in total. The van der Waals surface area contributed by atoms with Crippen LogP contribution in [0, 0.1) is 12.3 Å². The molecular weight excluding hydrogens is 266 g/mol. The van der Waals surface area contributed by atoms with Gasteiger partial charge in [0.05, 0.1) is 11.5 Å². The van der Waals surface area contributed by atoms with Crippen molar-refractivity contribution in [3.05, 3.63) is 35.4 Å². The van der Waals surface area contributed by atoms with Gasteiger partial charge in [-0.05, 0) is 32.3 Å². The molecule has 1 amide bonds. The van der Waals surface area contributed by atoms with Crippen molar-refractivity contribution >= 4 is 11.9 Å². The first-order valence-electron chi connectivity index (χ1n) is 7.41. The average Bonchev–Trinajstić information content (AvgIpc) is 2.41. The lowest BCUT2D eigenvalue weighted by Gasteiger charge is -2.38. The van der Waals surface area contributed by atoms with Gasteiger partial charge in [-0.25, -0.2) is 0 Å². The van der Waals surface area contributed by atoms with Crippen LogP contribution in [-0.4, -0.2) is 28.9 Å². The first kappa shape index (κ1) is 15.5. The summed E-state index contributed by atoms with van der Waals surface area (Å²) in [4.78, 5) is 25.4. The van der Waals surface area contributed by atoms with Gasteiger partial charge in [0.1, 0.15) is 0 Å². The summed E-state index contributed by atoms with van der Waals surface area (Å²) in [5.41, 5.74) is 1.42. The summed E-state index contributed by atoms with van der Waals surface area (Å²) >= 11 is 0. The van der Waals surface area contributed by atoms with Crippen LogP contribution in [0.25, 0.3) is 0 Å². The molecule has 1 fully saturated rings. The zero-order valence-corrected chi connectivity index (χ0v) is 12.9. The number of hydrogen-bond donors (Lipinski definition) is 1. The predicted molar refractivity (Wildman–Crippen MR) is 80.9 cm³/mol. The van der Waals surface area contributed by atoms with Gasteiger partial charge < -0.3 is 10.0 Å². The lowest BCUT2D eigenvalue weighted by molar-refractivity contribution is -0.159. The largest absolute Gasteiger partial charge is 0.481 e. The molecule has 21 heavy (non-hydrogen) atoms. The fraction of sp³-hybridized carbons (Fsp3) is 0.529. The van der Waals surface area contributed by atoms with Crippen molar-refractivity contribution in [3.8, 4) is 0 Å². The molecule has 0 saturated heterocycles. The van der Waals surface area contributed by atoms with Gasteiger partial charge in [0.2, 0.25) is 5.91 Å². The molecule has 1 aromatic carbocycles. The second kappa shape index (κ2) is 5.88. The number of aryl methyl sites for hydroxylation is 1. The minimum absolute atomic E-state index is 0.0518. The molecule has 1 aliphatic rings. The van der Waals surface area contributed by atoms with Crippen molar-refractivity contribution in [1.82, 2.24) is 4.90 Å². The van der Waals surface area contributed by atoms with Crippen LogP contribution in [0.1, 0.15) is 49.8 Å². The zero-order valence-electron chi connectivity index (χ0n) is 12.9. The summed E-state index contributed by atoms with van der Waals surface area (Å²) in [6.45, 7) is 3.99. The third-order valence-corrected chi connectivity index (χ3v) is 4.79. The van der Waals surface area contributed by atoms with Gasteiger partial charge in [0.15, 0.2) is 0 Å². The van der Waals surface area contributed by atoms with E-state index in [-0.39, 0.29) is 18.4 Å². The quantitative estimate of drug-likeness (QED) is 0.906. The predicted octanol–water partition coefficient (Wildman–Crippen LogP) is 3.16. The summed E-state index contributed by atoms with van der Waals surface area (Å²) in [7, 11) is 1.75. The van der Waals surface area contributed by atoms with E-state index in [2.05, 4.69) is 0 Å². The number of rotatable bonds is 5. The minimum atomic E-state index is -0.835. The molecular formula is C17H23NO3. The van der Waals surface area contributed by atoms with Crippen LogP contribution < -0.4 is 0 Å². The van der Waals surface area contributed by atoms with E-state index in [1.54, 1.807) is 11.9 Å². The van der Waals surface area contributed by atoms with E-state index in [0.29, 0.717) is 12.8 Å². The molecule has 0 bridgehead atoms. The number of nitrogens with zero attached hydrogens (tertiary/aromatic N) is 1. The zero-order chi connectivity index (χ0) is 15.6. The molecule has 1 aliphatic carbocycles. The third kappa shape index (κ3) is 3.09. The molecule has 0 radical (unpaired) electrons. The molecule has 0 spiro atoms. The summed E-state index contributed by atoms with van der Waals surface area (Å²) in [6.07, 6.45) is 2.23. The molecule has 0 aliphatic heterocycles. The lowest BCUT2D eigenvalue weighted by Crippen LogP contribution is -2.43. The van der Waals surface area contributed by atoms with E-state index >= 15 is 0 Å². The van der Waals surface area contributed by atoms with Gasteiger partial charge in [-0.2, -0.15) is 0 Å². The third-order valence-electron chi connectivity index (χ3n) is 4.79. The van der Waals surface area contributed by atoms with Crippen molar-refractivity contribution in [2.75, 3.05) is 7.05 Å². The topological polar surface area (TPSA) is 57.6 Å². The highest BCUT2D eigenvalue weighted by Crippen LogP contribution is 2.44. The standard InChI is InChI=1S/C17H23NO3/c1-12-5-7-14(8-6-12)13(2)18(3)15(19)11-17(16(20)21)9-4-10-17/h5-8,13H,4,9-11H2,1-3H3,(H,20,21). The Morgan fingerprint density at radius 2 is 1.86 bits per heavy atom. The first-order chi connectivity index (χ1) is 9.85. The highest BCUT2D eigenvalue weighted by atomic mass is 16.4. The number of carbonyl (C=O) groups excluding carboxylic acids is 1. The Labute approximate surface area is 125 Å². The number of benzene rings is 1. The summed E-state index contributed by atoms with van der Waals surface area (Å²) < 4.78 is 0. The number of hydrogen-bond acceptors (Lipinski definition) is 2. The van der Waals surface area contributed by atoms with Crippen molar-refractivity contribution < 1.29 is 14.7 Å². The van der Waals surface area contributed by atoms with Crippen LogP contribution in [0.2, 0.25) is 0 Å². The number of carbonyl (C=O) groups is 2. The monoisotopic (exact) mass is 289 g/mol. The van der Waals surface area contributed by atoms with Gasteiger partial charge in [-0.3, -0.25) is 9.59 Å². The molecule has 114 valence electrons. The summed E-state index contributed by atoms with van der Waals surface area (Å²) in [6, 6.07) is 8.02. The Morgan fingerprint density at radius 3 is 2.29 bits per heavy atom. The van der Waals surface area contributed by atoms with Crippen molar-refractivity contribution in [2.24, 2.45) is 5.41 Å². The van der Waals surface area contributed by atoms with Gasteiger partial charge >= 0.3 is 5.97 Å². The average molecular weight is 289 g/mol. The van der Waals surface area contributed by atoms with Crippen LogP contribution in [0.3, 0.4) is 0 Å². The van der Waals surface area contributed by atoms with E-state index in [9.17, 15) is 14.7 Å². The van der Waals surface area contributed by atoms with Crippen molar-refractivity contribution in [3.63, 3.8) is 0 Å². The Kier molecular flexibility index (Phi) is 4.35. The van der Waals surface area contributed by atoms with Crippen molar-refractivity contribution in [1.29, 1.82) is 0 Å². The van der Waals surface area contributed by atoms with E-state index in [4.69, 9.17) is 0 Å². The van der Waals surface area contributed by atoms with Gasteiger partial charge in [0, 0.05) is 13.5 Å².